The predicted octanol–water partition coefficient (Wildman–Crippen LogP) is 2.63. The predicted molar refractivity (Wildman–Crippen MR) is 88.2 cm³/mol. The fourth-order valence-corrected chi connectivity index (χ4v) is 3.16. The van der Waals surface area contributed by atoms with Crippen LogP contribution in [0, 0.1) is 0 Å². The lowest BCUT2D eigenvalue weighted by molar-refractivity contribution is 0.00984. The smallest absolute Gasteiger partial charge is 0.253 e. The van der Waals surface area contributed by atoms with Crippen LogP contribution in [0.1, 0.15) is 21.5 Å². The van der Waals surface area contributed by atoms with Gasteiger partial charge in [0.25, 0.3) is 5.91 Å². The quantitative estimate of drug-likeness (QED) is 0.870. The van der Waals surface area contributed by atoms with Crippen LogP contribution in [0.25, 0.3) is 0 Å². The molecule has 1 amide bonds. The average molecular weight is 325 g/mol. The minimum atomic E-state index is -0.0456. The van der Waals surface area contributed by atoms with Crippen molar-refractivity contribution in [2.45, 2.75) is 19.1 Å². The van der Waals surface area contributed by atoms with Crippen molar-refractivity contribution in [1.29, 1.82) is 0 Å². The fraction of sp³-hybridized carbons (Fsp3) is 0.316. The van der Waals surface area contributed by atoms with E-state index in [-0.39, 0.29) is 18.8 Å². The molecule has 2 aliphatic heterocycles. The van der Waals surface area contributed by atoms with E-state index < -0.39 is 0 Å². The molecule has 0 unspecified atom stereocenters. The van der Waals surface area contributed by atoms with E-state index in [4.69, 9.17) is 14.2 Å². The summed E-state index contributed by atoms with van der Waals surface area (Å²) in [4.78, 5) is 14.3. The molecule has 0 aliphatic carbocycles. The molecule has 0 saturated carbocycles. The molecule has 0 saturated heterocycles. The second-order valence-electron chi connectivity index (χ2n) is 6.16. The molecule has 2 aromatic rings. The molecular formula is C19H19NO4. The minimum absolute atomic E-state index is 0.0165. The largest absolute Gasteiger partial charge is 0.454 e. The molecule has 0 fully saturated rings. The number of hydrogen-bond donors (Lipinski definition) is 0. The van der Waals surface area contributed by atoms with Crippen LogP contribution in [0.4, 0.5) is 0 Å². The van der Waals surface area contributed by atoms with E-state index in [1.54, 1.807) is 30.1 Å². The van der Waals surface area contributed by atoms with Gasteiger partial charge < -0.3 is 19.1 Å². The zero-order valence-electron chi connectivity index (χ0n) is 13.5. The van der Waals surface area contributed by atoms with Gasteiger partial charge in [0.15, 0.2) is 11.5 Å². The molecule has 1 atom stereocenters. The third kappa shape index (κ3) is 2.83. The van der Waals surface area contributed by atoms with Crippen molar-refractivity contribution < 1.29 is 19.0 Å². The molecule has 0 radical (unpaired) electrons. The molecule has 4 rings (SSSR count). The lowest BCUT2D eigenvalue weighted by Crippen LogP contribution is -2.38. The van der Waals surface area contributed by atoms with Crippen molar-refractivity contribution >= 4 is 5.91 Å². The normalized spacial score (nSPS) is 18.1. The van der Waals surface area contributed by atoms with Crippen molar-refractivity contribution in [2.24, 2.45) is 0 Å². The number of likely N-dealkylation sites (N-methyl/N-ethyl adjacent to an activating group) is 1. The molecule has 5 heteroatoms. The summed E-state index contributed by atoms with van der Waals surface area (Å²) in [6.07, 6.45) is 0.845. The van der Waals surface area contributed by atoms with E-state index in [0.717, 1.165) is 6.42 Å². The molecule has 0 bridgehead atoms. The van der Waals surface area contributed by atoms with Crippen LogP contribution in [-0.2, 0) is 17.8 Å². The standard InChI is InChI=1S/C19H19NO4/c1-20(10-16-8-13-4-2-3-5-15(13)11-22-16)19(21)14-6-7-17-18(9-14)24-12-23-17/h2-7,9,16H,8,10-12H2,1H3/t16-/m1/s1. The molecule has 0 N–H and O–H groups in total. The van der Waals surface area contributed by atoms with Gasteiger partial charge in [0.05, 0.1) is 12.7 Å². The maximum Gasteiger partial charge on any atom is 0.253 e. The highest BCUT2D eigenvalue weighted by molar-refractivity contribution is 5.94. The Balaban J connectivity index is 1.43. The van der Waals surface area contributed by atoms with Gasteiger partial charge in [0.1, 0.15) is 0 Å². The topological polar surface area (TPSA) is 48.0 Å². The summed E-state index contributed by atoms with van der Waals surface area (Å²) in [6.45, 7) is 1.37. The van der Waals surface area contributed by atoms with Crippen LogP contribution in [-0.4, -0.2) is 37.3 Å². The first-order valence-electron chi connectivity index (χ1n) is 8.04. The van der Waals surface area contributed by atoms with Gasteiger partial charge in [-0.3, -0.25) is 4.79 Å². The second-order valence-corrected chi connectivity index (χ2v) is 6.16. The van der Waals surface area contributed by atoms with Crippen molar-refractivity contribution in [3.8, 4) is 11.5 Å². The van der Waals surface area contributed by atoms with Crippen LogP contribution in [0.2, 0.25) is 0 Å². The van der Waals surface area contributed by atoms with Gasteiger partial charge in [-0.2, -0.15) is 0 Å². The number of benzene rings is 2. The maximum atomic E-state index is 12.6. The Hall–Kier alpha value is -2.53. The Bertz CT molecular complexity index is 774. The number of nitrogens with zero attached hydrogens (tertiary/aromatic N) is 1. The van der Waals surface area contributed by atoms with Crippen LogP contribution < -0.4 is 9.47 Å². The van der Waals surface area contributed by atoms with Crippen molar-refractivity contribution in [1.82, 2.24) is 4.90 Å². The molecule has 5 nitrogen and oxygen atoms in total. The second kappa shape index (κ2) is 6.17. The van der Waals surface area contributed by atoms with Gasteiger partial charge in [-0.25, -0.2) is 0 Å². The number of hydrogen-bond acceptors (Lipinski definition) is 4. The van der Waals surface area contributed by atoms with Gasteiger partial charge >= 0.3 is 0 Å². The van der Waals surface area contributed by atoms with Gasteiger partial charge in [-0.05, 0) is 29.3 Å². The lowest BCUT2D eigenvalue weighted by atomic mass is 9.99. The zero-order valence-corrected chi connectivity index (χ0v) is 13.5. The van der Waals surface area contributed by atoms with E-state index in [1.165, 1.54) is 11.1 Å². The van der Waals surface area contributed by atoms with Gasteiger partial charge in [0.2, 0.25) is 6.79 Å². The minimum Gasteiger partial charge on any atom is -0.454 e. The maximum absolute atomic E-state index is 12.6. The molecule has 2 heterocycles. The van der Waals surface area contributed by atoms with Gasteiger partial charge in [-0.1, -0.05) is 24.3 Å². The molecule has 0 aromatic heterocycles. The molecule has 2 aliphatic rings. The number of ether oxygens (including phenoxy) is 3. The van der Waals surface area contributed by atoms with E-state index in [2.05, 4.69) is 12.1 Å². The Kier molecular flexibility index (Phi) is 3.86. The Morgan fingerprint density at radius 2 is 1.92 bits per heavy atom. The summed E-state index contributed by atoms with van der Waals surface area (Å²) in [5, 5.41) is 0. The number of carbonyl (C=O) groups is 1. The summed E-state index contributed by atoms with van der Waals surface area (Å²) < 4.78 is 16.5. The highest BCUT2D eigenvalue weighted by atomic mass is 16.7. The first kappa shape index (κ1) is 15.0. The van der Waals surface area contributed by atoms with Crippen LogP contribution in [0.5, 0.6) is 11.5 Å². The summed E-state index contributed by atoms with van der Waals surface area (Å²) >= 11 is 0. The third-order valence-electron chi connectivity index (χ3n) is 4.48. The molecule has 124 valence electrons. The Morgan fingerprint density at radius 1 is 1.12 bits per heavy atom. The molecule has 24 heavy (non-hydrogen) atoms. The summed E-state index contributed by atoms with van der Waals surface area (Å²) in [5.74, 6) is 1.26. The molecule has 2 aromatic carbocycles. The Labute approximate surface area is 140 Å². The molecule has 0 spiro atoms. The van der Waals surface area contributed by atoms with E-state index >= 15 is 0 Å². The van der Waals surface area contributed by atoms with Crippen molar-refractivity contribution in [3.63, 3.8) is 0 Å². The SMILES string of the molecule is CN(C[C@H]1Cc2ccccc2CO1)C(=O)c1ccc2c(c1)OCO2. The van der Waals surface area contributed by atoms with Crippen molar-refractivity contribution in [2.75, 3.05) is 20.4 Å². The summed E-state index contributed by atoms with van der Waals surface area (Å²) in [6, 6.07) is 13.6. The third-order valence-corrected chi connectivity index (χ3v) is 4.48. The first-order valence-corrected chi connectivity index (χ1v) is 8.04. The van der Waals surface area contributed by atoms with Gasteiger partial charge in [-0.15, -0.1) is 0 Å². The van der Waals surface area contributed by atoms with E-state index in [9.17, 15) is 4.79 Å². The van der Waals surface area contributed by atoms with E-state index in [1.807, 2.05) is 12.1 Å². The number of fused-ring (bicyclic) bond motifs is 2. The highest BCUT2D eigenvalue weighted by Crippen LogP contribution is 2.32. The lowest BCUT2D eigenvalue weighted by Gasteiger charge is -2.29. The monoisotopic (exact) mass is 325 g/mol. The van der Waals surface area contributed by atoms with Crippen molar-refractivity contribution in [3.05, 3.63) is 59.2 Å². The highest BCUT2D eigenvalue weighted by Gasteiger charge is 2.24. The summed E-state index contributed by atoms with van der Waals surface area (Å²) in [5.41, 5.74) is 3.13. The molecular weight excluding hydrogens is 306 g/mol. The van der Waals surface area contributed by atoms with E-state index in [0.29, 0.717) is 30.2 Å². The van der Waals surface area contributed by atoms with Crippen LogP contribution in [0.15, 0.2) is 42.5 Å². The number of amides is 1. The fourth-order valence-electron chi connectivity index (χ4n) is 3.16. The number of rotatable bonds is 3. The summed E-state index contributed by atoms with van der Waals surface area (Å²) in [7, 11) is 1.80. The number of carbonyl (C=O) groups excluding carboxylic acids is 1. The zero-order chi connectivity index (χ0) is 16.5. The first-order chi connectivity index (χ1) is 11.7. The average Bonchev–Trinajstić information content (AvgIpc) is 3.08. The van der Waals surface area contributed by atoms with Gasteiger partial charge in [0, 0.05) is 25.6 Å². The van der Waals surface area contributed by atoms with Crippen LogP contribution >= 0.6 is 0 Å². The van der Waals surface area contributed by atoms with Crippen LogP contribution in [0.3, 0.4) is 0 Å². The Morgan fingerprint density at radius 3 is 2.79 bits per heavy atom.